The summed E-state index contributed by atoms with van der Waals surface area (Å²) in [6.45, 7) is -0.152. The molecule has 0 saturated heterocycles. The van der Waals surface area contributed by atoms with Gasteiger partial charge in [-0.15, -0.1) is 0 Å². The number of benzene rings is 3. The minimum absolute atomic E-state index is 0.0347. The third-order valence-corrected chi connectivity index (χ3v) is 7.34. The second kappa shape index (κ2) is 9.97. The van der Waals surface area contributed by atoms with Crippen molar-refractivity contribution in [3.05, 3.63) is 100 Å². The lowest BCUT2D eigenvalue weighted by molar-refractivity contribution is -0.119. The molecule has 3 aromatic carbocycles. The Hall–Kier alpha value is -2.84. The quantitative estimate of drug-likeness (QED) is 0.326. The third-order valence-electron chi connectivity index (χ3n) is 5.33. The van der Waals surface area contributed by atoms with Crippen LogP contribution in [-0.2, 0) is 14.8 Å². The highest BCUT2D eigenvalue weighted by Gasteiger charge is 2.22. The van der Waals surface area contributed by atoms with Crippen molar-refractivity contribution in [2.24, 2.45) is 0 Å². The monoisotopic (exact) mass is 501 g/mol. The summed E-state index contributed by atoms with van der Waals surface area (Å²) in [5.74, 6) is -0.684. The van der Waals surface area contributed by atoms with Gasteiger partial charge in [-0.3, -0.25) is 4.79 Å². The van der Waals surface area contributed by atoms with E-state index in [9.17, 15) is 13.2 Å². The number of aromatic amines is 1. The molecule has 0 aliphatic heterocycles. The number of amides is 1. The number of carbonyl (C=O) groups excluding carboxylic acids is 1. The molecule has 0 aliphatic rings. The first kappa shape index (κ1) is 23.3. The lowest BCUT2D eigenvalue weighted by Gasteiger charge is -2.19. The number of carbonyl (C=O) groups is 1. The molecule has 0 saturated carbocycles. The molecule has 0 aliphatic carbocycles. The van der Waals surface area contributed by atoms with Crippen LogP contribution in [0, 0.1) is 0 Å². The fraction of sp³-hybridized carbons (Fsp3) is 0.125. The zero-order chi connectivity index (χ0) is 23.4. The van der Waals surface area contributed by atoms with Crippen LogP contribution in [0.2, 0.25) is 10.0 Å². The number of sulfonamides is 1. The second-order valence-electron chi connectivity index (χ2n) is 7.45. The highest BCUT2D eigenvalue weighted by Crippen LogP contribution is 2.34. The predicted octanol–water partition coefficient (Wildman–Crippen LogP) is 4.70. The second-order valence-corrected chi connectivity index (χ2v) is 10.1. The van der Waals surface area contributed by atoms with Crippen molar-refractivity contribution in [2.75, 3.05) is 13.1 Å². The van der Waals surface area contributed by atoms with E-state index < -0.39 is 22.5 Å². The van der Waals surface area contributed by atoms with Gasteiger partial charge in [-0.25, -0.2) is 13.1 Å². The Morgan fingerprint density at radius 3 is 2.36 bits per heavy atom. The van der Waals surface area contributed by atoms with Crippen LogP contribution >= 0.6 is 23.2 Å². The molecule has 0 bridgehead atoms. The number of rotatable bonds is 8. The van der Waals surface area contributed by atoms with Crippen molar-refractivity contribution in [3.8, 4) is 0 Å². The number of fused-ring (bicyclic) bond motifs is 1. The van der Waals surface area contributed by atoms with Gasteiger partial charge in [-0.2, -0.15) is 0 Å². The van der Waals surface area contributed by atoms with Crippen molar-refractivity contribution in [2.45, 2.75) is 10.8 Å². The summed E-state index contributed by atoms with van der Waals surface area (Å²) in [6.07, 6.45) is 1.91. The predicted molar refractivity (Wildman–Crippen MR) is 131 cm³/mol. The normalized spacial score (nSPS) is 12.5. The van der Waals surface area contributed by atoms with E-state index in [2.05, 4.69) is 15.0 Å². The maximum Gasteiger partial charge on any atom is 0.241 e. The minimum Gasteiger partial charge on any atom is -0.361 e. The van der Waals surface area contributed by atoms with Gasteiger partial charge in [0.2, 0.25) is 15.9 Å². The summed E-state index contributed by atoms with van der Waals surface area (Å²) in [5, 5.41) is 4.88. The van der Waals surface area contributed by atoms with Crippen LogP contribution in [0.15, 0.2) is 83.9 Å². The highest BCUT2D eigenvalue weighted by molar-refractivity contribution is 7.89. The molecule has 0 radical (unpaired) electrons. The molecule has 0 spiro atoms. The van der Waals surface area contributed by atoms with E-state index in [1.807, 2.05) is 48.7 Å². The van der Waals surface area contributed by atoms with E-state index in [1.165, 1.54) is 24.3 Å². The number of hydrogen-bond donors (Lipinski definition) is 3. The fourth-order valence-corrected chi connectivity index (χ4v) is 5.04. The average molecular weight is 502 g/mol. The first-order valence-electron chi connectivity index (χ1n) is 10.2. The summed E-state index contributed by atoms with van der Waals surface area (Å²) in [7, 11) is -3.84. The number of halogens is 2. The number of nitrogens with one attached hydrogen (secondary N) is 3. The van der Waals surface area contributed by atoms with Crippen molar-refractivity contribution in [1.29, 1.82) is 0 Å². The van der Waals surface area contributed by atoms with Gasteiger partial charge in [0.25, 0.3) is 0 Å². The largest absolute Gasteiger partial charge is 0.361 e. The van der Waals surface area contributed by atoms with Crippen LogP contribution in [-0.4, -0.2) is 32.4 Å². The molecule has 1 atom stereocenters. The summed E-state index contributed by atoms with van der Waals surface area (Å²) in [6, 6.07) is 21.1. The molecular formula is C24H21Cl2N3O3S. The SMILES string of the molecule is O=C(CNS(=O)(=O)c1ccc(Cl)cc1)NCC(c1ccccc1Cl)c1c[nH]c2ccccc12. The van der Waals surface area contributed by atoms with Gasteiger partial charge in [0.1, 0.15) is 0 Å². The number of hydrogen-bond acceptors (Lipinski definition) is 3. The van der Waals surface area contributed by atoms with Crippen molar-refractivity contribution >= 4 is 50.0 Å². The molecule has 9 heteroatoms. The number of para-hydroxylation sites is 1. The fourth-order valence-electron chi connectivity index (χ4n) is 3.66. The molecule has 0 fully saturated rings. The van der Waals surface area contributed by atoms with Gasteiger partial charge < -0.3 is 10.3 Å². The highest BCUT2D eigenvalue weighted by atomic mass is 35.5. The van der Waals surface area contributed by atoms with Crippen molar-refractivity contribution in [3.63, 3.8) is 0 Å². The van der Waals surface area contributed by atoms with Gasteiger partial charge in [0.05, 0.1) is 11.4 Å². The zero-order valence-corrected chi connectivity index (χ0v) is 19.7. The maximum absolute atomic E-state index is 12.5. The molecule has 1 amide bonds. The van der Waals surface area contributed by atoms with Gasteiger partial charge in [-0.1, -0.05) is 59.6 Å². The van der Waals surface area contributed by atoms with E-state index in [0.29, 0.717) is 10.0 Å². The Bertz CT molecular complexity index is 1390. The smallest absolute Gasteiger partial charge is 0.241 e. The number of H-pyrrole nitrogens is 1. The Morgan fingerprint density at radius 2 is 1.61 bits per heavy atom. The zero-order valence-electron chi connectivity index (χ0n) is 17.4. The molecule has 4 aromatic rings. The first-order valence-corrected chi connectivity index (χ1v) is 12.4. The lowest BCUT2D eigenvalue weighted by atomic mass is 9.90. The Balaban J connectivity index is 1.50. The molecule has 33 heavy (non-hydrogen) atoms. The van der Waals surface area contributed by atoms with Crippen LogP contribution in [0.3, 0.4) is 0 Å². The van der Waals surface area contributed by atoms with Crippen molar-refractivity contribution in [1.82, 2.24) is 15.0 Å². The molecule has 1 unspecified atom stereocenters. The Morgan fingerprint density at radius 1 is 0.909 bits per heavy atom. The van der Waals surface area contributed by atoms with E-state index in [4.69, 9.17) is 23.2 Å². The molecular weight excluding hydrogens is 481 g/mol. The summed E-state index contributed by atoms with van der Waals surface area (Å²) < 4.78 is 27.2. The van der Waals surface area contributed by atoms with Crippen molar-refractivity contribution < 1.29 is 13.2 Å². The van der Waals surface area contributed by atoms with Crippen LogP contribution in [0.5, 0.6) is 0 Å². The van der Waals surface area contributed by atoms with Gasteiger partial charge in [-0.05, 0) is 47.5 Å². The standard InChI is InChI=1S/C24H21Cl2N3O3S/c25-16-9-11-17(12-10-16)33(31,32)29-15-24(30)28-14-20(18-5-1-3-7-22(18)26)21-13-27-23-8-4-2-6-19(21)23/h1-13,20,27,29H,14-15H2,(H,28,30). The van der Waals surface area contributed by atoms with Gasteiger partial charge in [0.15, 0.2) is 0 Å². The molecule has 1 heterocycles. The maximum atomic E-state index is 12.5. The third kappa shape index (κ3) is 5.39. The molecule has 1 aromatic heterocycles. The molecule has 3 N–H and O–H groups in total. The van der Waals surface area contributed by atoms with Gasteiger partial charge in [0, 0.05) is 39.6 Å². The lowest BCUT2D eigenvalue weighted by Crippen LogP contribution is -2.38. The summed E-state index contributed by atoms with van der Waals surface area (Å²) >= 11 is 12.3. The minimum atomic E-state index is -3.84. The van der Waals surface area contributed by atoms with Crippen LogP contribution in [0.4, 0.5) is 0 Å². The first-order chi connectivity index (χ1) is 15.8. The molecule has 170 valence electrons. The van der Waals surface area contributed by atoms with E-state index in [1.54, 1.807) is 6.07 Å². The Labute approximate surface area is 202 Å². The van der Waals surface area contributed by atoms with Crippen LogP contribution < -0.4 is 10.0 Å². The van der Waals surface area contributed by atoms with E-state index in [-0.39, 0.29) is 17.4 Å². The van der Waals surface area contributed by atoms with Crippen LogP contribution in [0.1, 0.15) is 17.0 Å². The van der Waals surface area contributed by atoms with E-state index in [0.717, 1.165) is 22.0 Å². The topological polar surface area (TPSA) is 91.1 Å². The van der Waals surface area contributed by atoms with Gasteiger partial charge >= 0.3 is 0 Å². The molecule has 6 nitrogen and oxygen atoms in total. The van der Waals surface area contributed by atoms with Crippen LogP contribution in [0.25, 0.3) is 10.9 Å². The summed E-state index contributed by atoms with van der Waals surface area (Å²) in [4.78, 5) is 15.8. The summed E-state index contributed by atoms with van der Waals surface area (Å²) in [5.41, 5.74) is 2.83. The average Bonchev–Trinajstić information content (AvgIpc) is 3.23. The Kier molecular flexibility index (Phi) is 7.05. The van der Waals surface area contributed by atoms with E-state index >= 15 is 0 Å². The number of aromatic nitrogens is 1. The molecule has 4 rings (SSSR count).